The van der Waals surface area contributed by atoms with E-state index >= 15 is 0 Å². The Morgan fingerprint density at radius 1 is 1.17 bits per heavy atom. The highest BCUT2D eigenvalue weighted by Crippen LogP contribution is 2.27. The molecule has 1 atom stereocenters. The van der Waals surface area contributed by atoms with E-state index in [0.29, 0.717) is 18.7 Å². The summed E-state index contributed by atoms with van der Waals surface area (Å²) >= 11 is 0. The van der Waals surface area contributed by atoms with Crippen LogP contribution in [-0.4, -0.2) is 41.5 Å². The molecule has 0 aliphatic carbocycles. The monoisotopic (exact) mass is 432 g/mol. The molecule has 29 heavy (non-hydrogen) atoms. The fourth-order valence-electron chi connectivity index (χ4n) is 2.76. The second-order valence-electron chi connectivity index (χ2n) is 6.34. The predicted molar refractivity (Wildman–Crippen MR) is 100 cm³/mol. The van der Waals surface area contributed by atoms with Crippen molar-refractivity contribution < 1.29 is 26.4 Å². The predicted octanol–water partition coefficient (Wildman–Crippen LogP) is 2.81. The van der Waals surface area contributed by atoms with Crippen LogP contribution in [-0.2, 0) is 27.5 Å². The van der Waals surface area contributed by atoms with Crippen molar-refractivity contribution in [2.45, 2.75) is 44.4 Å². The minimum Gasteiger partial charge on any atom is -0.348 e. The molecule has 0 fully saturated rings. The molecule has 0 aliphatic heterocycles. The van der Waals surface area contributed by atoms with Gasteiger partial charge < -0.3 is 5.32 Å². The lowest BCUT2D eigenvalue weighted by atomic mass is 10.1. The third kappa shape index (κ3) is 5.57. The van der Waals surface area contributed by atoms with Crippen molar-refractivity contribution in [3.8, 4) is 0 Å². The molecule has 1 aromatic carbocycles. The highest BCUT2D eigenvalue weighted by atomic mass is 32.2. The van der Waals surface area contributed by atoms with Gasteiger partial charge in [-0.05, 0) is 30.7 Å². The Labute approximate surface area is 167 Å². The molecule has 1 amide bonds. The first-order chi connectivity index (χ1) is 13.5. The standard InChI is InChI=1S/C18H23F3N4O3S/c1-4-25(5-2)29(27,28)15-8-6-14(7-9-15)13(3)22-17(26)12-24-11-10-16(23-24)18(19,20)21/h6-11,13H,4-5,12H2,1-3H3,(H,22,26). The van der Waals surface area contributed by atoms with E-state index in [0.717, 1.165) is 16.9 Å². The lowest BCUT2D eigenvalue weighted by Gasteiger charge is -2.19. The number of alkyl halides is 3. The Morgan fingerprint density at radius 3 is 2.24 bits per heavy atom. The van der Waals surface area contributed by atoms with Crippen molar-refractivity contribution in [2.75, 3.05) is 13.1 Å². The highest BCUT2D eigenvalue weighted by Gasteiger charge is 2.33. The third-order valence-corrected chi connectivity index (χ3v) is 6.40. The van der Waals surface area contributed by atoms with Crippen molar-refractivity contribution >= 4 is 15.9 Å². The minimum absolute atomic E-state index is 0.152. The first kappa shape index (κ1) is 22.9. The first-order valence-electron chi connectivity index (χ1n) is 8.99. The maximum atomic E-state index is 12.6. The van der Waals surface area contributed by atoms with E-state index in [2.05, 4.69) is 10.4 Å². The van der Waals surface area contributed by atoms with Crippen LogP contribution in [0.5, 0.6) is 0 Å². The van der Waals surface area contributed by atoms with Crippen LogP contribution in [0.4, 0.5) is 13.2 Å². The van der Waals surface area contributed by atoms with Crippen molar-refractivity contribution in [2.24, 2.45) is 0 Å². The van der Waals surface area contributed by atoms with Crippen LogP contribution in [0, 0.1) is 0 Å². The molecule has 1 unspecified atom stereocenters. The van der Waals surface area contributed by atoms with Gasteiger partial charge in [-0.15, -0.1) is 0 Å². The van der Waals surface area contributed by atoms with Gasteiger partial charge in [0.15, 0.2) is 5.69 Å². The molecule has 0 spiro atoms. The zero-order valence-electron chi connectivity index (χ0n) is 16.3. The normalized spacial score (nSPS) is 13.5. The van der Waals surface area contributed by atoms with E-state index in [-0.39, 0.29) is 11.4 Å². The van der Waals surface area contributed by atoms with E-state index in [9.17, 15) is 26.4 Å². The van der Waals surface area contributed by atoms with Gasteiger partial charge in [-0.1, -0.05) is 26.0 Å². The van der Waals surface area contributed by atoms with Gasteiger partial charge in [-0.2, -0.15) is 22.6 Å². The van der Waals surface area contributed by atoms with Crippen molar-refractivity contribution in [1.82, 2.24) is 19.4 Å². The van der Waals surface area contributed by atoms with Gasteiger partial charge >= 0.3 is 6.18 Å². The molecule has 0 saturated carbocycles. The first-order valence-corrected chi connectivity index (χ1v) is 10.4. The second kappa shape index (κ2) is 8.95. The Hall–Kier alpha value is -2.40. The van der Waals surface area contributed by atoms with Gasteiger partial charge in [-0.25, -0.2) is 8.42 Å². The van der Waals surface area contributed by atoms with E-state index < -0.39 is 33.8 Å². The quantitative estimate of drug-likeness (QED) is 0.695. The molecule has 0 saturated heterocycles. The topological polar surface area (TPSA) is 84.3 Å². The number of carbonyl (C=O) groups excluding carboxylic acids is 1. The molecule has 7 nitrogen and oxygen atoms in total. The minimum atomic E-state index is -4.57. The average Bonchev–Trinajstić information content (AvgIpc) is 3.11. The average molecular weight is 432 g/mol. The zero-order chi connectivity index (χ0) is 21.8. The van der Waals surface area contributed by atoms with Crippen LogP contribution in [0.3, 0.4) is 0 Å². The van der Waals surface area contributed by atoms with Gasteiger partial charge in [0, 0.05) is 19.3 Å². The summed E-state index contributed by atoms with van der Waals surface area (Å²) in [6, 6.07) is 6.45. The molecule has 2 rings (SSSR count). The summed E-state index contributed by atoms with van der Waals surface area (Å²) in [4.78, 5) is 12.2. The lowest BCUT2D eigenvalue weighted by molar-refractivity contribution is -0.141. The summed E-state index contributed by atoms with van der Waals surface area (Å²) in [5.41, 5.74) is -0.406. The summed E-state index contributed by atoms with van der Waals surface area (Å²) < 4.78 is 64.9. The largest absolute Gasteiger partial charge is 0.435 e. The van der Waals surface area contributed by atoms with Gasteiger partial charge in [0.05, 0.1) is 10.9 Å². The van der Waals surface area contributed by atoms with Crippen LogP contribution in [0.25, 0.3) is 0 Å². The number of nitrogens with one attached hydrogen (secondary N) is 1. The molecule has 2 aromatic rings. The van der Waals surface area contributed by atoms with Gasteiger partial charge in [-0.3, -0.25) is 9.48 Å². The van der Waals surface area contributed by atoms with Crippen molar-refractivity contribution in [3.63, 3.8) is 0 Å². The van der Waals surface area contributed by atoms with Gasteiger partial charge in [0.25, 0.3) is 0 Å². The summed E-state index contributed by atoms with van der Waals surface area (Å²) in [5, 5.41) is 5.99. The SMILES string of the molecule is CCN(CC)S(=O)(=O)c1ccc(C(C)NC(=O)Cn2ccc(C(F)(F)F)n2)cc1. The maximum Gasteiger partial charge on any atom is 0.435 e. The number of benzene rings is 1. The molecular weight excluding hydrogens is 409 g/mol. The fraction of sp³-hybridized carbons (Fsp3) is 0.444. The van der Waals surface area contributed by atoms with Crippen LogP contribution in [0.2, 0.25) is 0 Å². The van der Waals surface area contributed by atoms with Crippen LogP contribution < -0.4 is 5.32 Å². The van der Waals surface area contributed by atoms with E-state index in [1.54, 1.807) is 32.9 Å². The van der Waals surface area contributed by atoms with Gasteiger partial charge in [0.1, 0.15) is 6.54 Å². The molecule has 0 bridgehead atoms. The van der Waals surface area contributed by atoms with E-state index in [4.69, 9.17) is 0 Å². The van der Waals surface area contributed by atoms with E-state index in [1.165, 1.54) is 16.4 Å². The molecule has 0 aliphatic rings. The Kier molecular flexibility index (Phi) is 7.06. The van der Waals surface area contributed by atoms with E-state index in [1.807, 2.05) is 0 Å². The summed E-state index contributed by atoms with van der Waals surface area (Å²) in [7, 11) is -3.57. The number of nitrogens with zero attached hydrogens (tertiary/aromatic N) is 3. The number of aromatic nitrogens is 2. The highest BCUT2D eigenvalue weighted by molar-refractivity contribution is 7.89. The molecular formula is C18H23F3N4O3S. The molecule has 1 heterocycles. The van der Waals surface area contributed by atoms with Gasteiger partial charge in [0.2, 0.25) is 15.9 Å². The number of amides is 1. The van der Waals surface area contributed by atoms with Crippen LogP contribution in [0.15, 0.2) is 41.4 Å². The Bertz CT molecular complexity index is 936. The van der Waals surface area contributed by atoms with Crippen LogP contribution in [0.1, 0.15) is 38.1 Å². The van der Waals surface area contributed by atoms with Crippen LogP contribution >= 0.6 is 0 Å². The maximum absolute atomic E-state index is 12.6. The number of rotatable bonds is 8. The fourth-order valence-corrected chi connectivity index (χ4v) is 4.22. The summed E-state index contributed by atoms with van der Waals surface area (Å²) in [6.45, 7) is 5.55. The number of hydrogen-bond acceptors (Lipinski definition) is 4. The molecule has 1 aromatic heterocycles. The Morgan fingerprint density at radius 2 is 1.76 bits per heavy atom. The smallest absolute Gasteiger partial charge is 0.348 e. The summed E-state index contributed by atoms with van der Waals surface area (Å²) in [5.74, 6) is -0.519. The molecule has 1 N–H and O–H groups in total. The molecule has 0 radical (unpaired) electrons. The summed E-state index contributed by atoms with van der Waals surface area (Å²) in [6.07, 6.45) is -3.48. The van der Waals surface area contributed by atoms with Crippen molar-refractivity contribution in [3.05, 3.63) is 47.8 Å². The lowest BCUT2D eigenvalue weighted by Crippen LogP contribution is -2.31. The van der Waals surface area contributed by atoms with Crippen molar-refractivity contribution in [1.29, 1.82) is 0 Å². The molecule has 11 heteroatoms. The second-order valence-corrected chi connectivity index (χ2v) is 8.28. The third-order valence-electron chi connectivity index (χ3n) is 4.34. The Balaban J connectivity index is 2.03. The number of halogens is 3. The number of hydrogen-bond donors (Lipinski definition) is 1. The zero-order valence-corrected chi connectivity index (χ0v) is 17.1. The number of sulfonamides is 1. The number of carbonyl (C=O) groups is 1. The molecule has 160 valence electrons.